The summed E-state index contributed by atoms with van der Waals surface area (Å²) in [7, 11) is 0. The number of hydrogen-bond acceptors (Lipinski definition) is 6. The normalized spacial score (nSPS) is 11.9. The van der Waals surface area contributed by atoms with Gasteiger partial charge in [0.25, 0.3) is 0 Å². The molecule has 2 rings (SSSR count). The average molecular weight is 315 g/mol. The SMILES string of the molecule is CCc1cnc(OCC(C=Nc2ccc(F)c(C)c2)=NN)nc1. The Kier molecular flexibility index (Phi) is 5.74. The quantitative estimate of drug-likeness (QED) is 0.504. The number of nitrogens with two attached hydrogens (primary N) is 1. The van der Waals surface area contributed by atoms with E-state index in [4.69, 9.17) is 10.6 Å². The summed E-state index contributed by atoms with van der Waals surface area (Å²) in [6.45, 7) is 3.78. The van der Waals surface area contributed by atoms with Crippen LogP contribution >= 0.6 is 0 Å². The molecule has 0 radical (unpaired) electrons. The Labute approximate surface area is 133 Å². The Bertz CT molecular complexity index is 713. The monoisotopic (exact) mass is 315 g/mol. The van der Waals surface area contributed by atoms with Crippen LogP contribution in [-0.4, -0.2) is 28.5 Å². The molecule has 1 aromatic carbocycles. The van der Waals surface area contributed by atoms with Crippen LogP contribution in [0.2, 0.25) is 0 Å². The van der Waals surface area contributed by atoms with Crippen molar-refractivity contribution < 1.29 is 9.13 Å². The third-order valence-corrected chi connectivity index (χ3v) is 3.11. The topological polar surface area (TPSA) is 85.8 Å². The molecule has 0 saturated carbocycles. The second-order valence-corrected chi connectivity index (χ2v) is 4.83. The van der Waals surface area contributed by atoms with Crippen molar-refractivity contribution in [1.29, 1.82) is 0 Å². The van der Waals surface area contributed by atoms with Crippen molar-refractivity contribution >= 4 is 17.6 Å². The van der Waals surface area contributed by atoms with Gasteiger partial charge in [0.05, 0.1) is 11.9 Å². The number of aryl methyl sites for hydroxylation is 2. The highest BCUT2D eigenvalue weighted by Gasteiger charge is 2.02. The summed E-state index contributed by atoms with van der Waals surface area (Å²) in [5, 5.41) is 3.60. The van der Waals surface area contributed by atoms with E-state index in [-0.39, 0.29) is 18.4 Å². The van der Waals surface area contributed by atoms with Gasteiger partial charge in [-0.3, -0.25) is 4.99 Å². The number of halogens is 1. The fourth-order valence-electron chi connectivity index (χ4n) is 1.70. The molecule has 0 unspecified atom stereocenters. The van der Waals surface area contributed by atoms with E-state index >= 15 is 0 Å². The Morgan fingerprint density at radius 2 is 2.09 bits per heavy atom. The Hall–Kier alpha value is -2.83. The molecule has 0 amide bonds. The average Bonchev–Trinajstić information content (AvgIpc) is 2.58. The lowest BCUT2D eigenvalue weighted by atomic mass is 10.2. The number of aliphatic imine (C=N–C) groups is 1. The van der Waals surface area contributed by atoms with E-state index < -0.39 is 0 Å². The molecule has 0 saturated heterocycles. The van der Waals surface area contributed by atoms with Crippen molar-refractivity contribution in [3.8, 4) is 6.01 Å². The number of nitrogens with zero attached hydrogens (tertiary/aromatic N) is 4. The molecule has 6 nitrogen and oxygen atoms in total. The van der Waals surface area contributed by atoms with Gasteiger partial charge in [-0.1, -0.05) is 6.92 Å². The predicted molar refractivity (Wildman–Crippen MR) is 87.8 cm³/mol. The summed E-state index contributed by atoms with van der Waals surface area (Å²) in [4.78, 5) is 12.4. The minimum absolute atomic E-state index is 0.0889. The summed E-state index contributed by atoms with van der Waals surface area (Å²) in [6, 6.07) is 4.81. The van der Waals surface area contributed by atoms with Crippen LogP contribution in [-0.2, 0) is 6.42 Å². The van der Waals surface area contributed by atoms with Crippen molar-refractivity contribution in [2.45, 2.75) is 20.3 Å². The molecule has 0 fully saturated rings. The molecule has 0 spiro atoms. The third-order valence-electron chi connectivity index (χ3n) is 3.11. The maximum atomic E-state index is 13.2. The number of aromatic nitrogens is 2. The van der Waals surface area contributed by atoms with Crippen LogP contribution in [0.5, 0.6) is 6.01 Å². The summed E-state index contributed by atoms with van der Waals surface area (Å²) in [6.07, 6.45) is 5.74. The molecule has 0 atom stereocenters. The van der Waals surface area contributed by atoms with Crippen LogP contribution in [0.4, 0.5) is 10.1 Å². The van der Waals surface area contributed by atoms with Crippen LogP contribution in [0.3, 0.4) is 0 Å². The van der Waals surface area contributed by atoms with Crippen LogP contribution in [0.1, 0.15) is 18.1 Å². The molecule has 7 heteroatoms. The highest BCUT2D eigenvalue weighted by Crippen LogP contribution is 2.16. The standard InChI is InChI=1S/C16H18FN5O/c1-3-12-7-20-16(21-8-12)23-10-14(22-18)9-19-13-4-5-15(17)11(2)6-13/h4-9H,3,10,18H2,1-2H3. The van der Waals surface area contributed by atoms with Crippen molar-refractivity contribution in [1.82, 2.24) is 9.97 Å². The van der Waals surface area contributed by atoms with Gasteiger partial charge in [0.2, 0.25) is 0 Å². The maximum absolute atomic E-state index is 13.2. The maximum Gasteiger partial charge on any atom is 0.316 e. The minimum Gasteiger partial charge on any atom is -0.457 e. The van der Waals surface area contributed by atoms with Crippen molar-refractivity contribution in [3.63, 3.8) is 0 Å². The molecule has 23 heavy (non-hydrogen) atoms. The van der Waals surface area contributed by atoms with E-state index in [1.165, 1.54) is 12.3 Å². The van der Waals surface area contributed by atoms with Gasteiger partial charge in [-0.05, 0) is 42.7 Å². The number of hydrogen-bond donors (Lipinski definition) is 1. The number of hydrazone groups is 1. The fourth-order valence-corrected chi connectivity index (χ4v) is 1.70. The zero-order valence-corrected chi connectivity index (χ0v) is 13.0. The molecular formula is C16H18FN5O. The van der Waals surface area contributed by atoms with Gasteiger partial charge in [-0.2, -0.15) is 5.10 Å². The molecule has 0 bridgehead atoms. The smallest absolute Gasteiger partial charge is 0.316 e. The zero-order valence-electron chi connectivity index (χ0n) is 13.0. The first-order valence-corrected chi connectivity index (χ1v) is 7.13. The number of rotatable bonds is 6. The summed E-state index contributed by atoms with van der Waals surface area (Å²) >= 11 is 0. The highest BCUT2D eigenvalue weighted by molar-refractivity contribution is 6.31. The van der Waals surface area contributed by atoms with Gasteiger partial charge in [0.15, 0.2) is 0 Å². The van der Waals surface area contributed by atoms with E-state index in [1.54, 1.807) is 31.5 Å². The molecule has 0 aliphatic carbocycles. The number of ether oxygens (including phenoxy) is 1. The lowest BCUT2D eigenvalue weighted by Crippen LogP contribution is -2.16. The summed E-state index contributed by atoms with van der Waals surface area (Å²) in [5.74, 6) is 5.05. The van der Waals surface area contributed by atoms with Crippen LogP contribution in [0.15, 0.2) is 40.7 Å². The van der Waals surface area contributed by atoms with E-state index in [0.29, 0.717) is 17.0 Å². The first-order valence-electron chi connectivity index (χ1n) is 7.13. The van der Waals surface area contributed by atoms with Crippen LogP contribution in [0, 0.1) is 12.7 Å². The van der Waals surface area contributed by atoms with Gasteiger partial charge < -0.3 is 10.6 Å². The zero-order chi connectivity index (χ0) is 16.7. The molecule has 0 aliphatic heterocycles. The minimum atomic E-state index is -0.271. The Balaban J connectivity index is 1.96. The van der Waals surface area contributed by atoms with E-state index in [2.05, 4.69) is 20.1 Å². The lowest BCUT2D eigenvalue weighted by molar-refractivity contribution is 0.346. The van der Waals surface area contributed by atoms with Gasteiger partial charge in [-0.15, -0.1) is 0 Å². The molecule has 2 N–H and O–H groups in total. The van der Waals surface area contributed by atoms with Crippen molar-refractivity contribution in [2.24, 2.45) is 15.9 Å². The second-order valence-electron chi connectivity index (χ2n) is 4.83. The molecular weight excluding hydrogens is 297 g/mol. The van der Waals surface area contributed by atoms with Crippen molar-refractivity contribution in [2.75, 3.05) is 6.61 Å². The van der Waals surface area contributed by atoms with Gasteiger partial charge in [0, 0.05) is 12.4 Å². The van der Waals surface area contributed by atoms with E-state index in [9.17, 15) is 4.39 Å². The van der Waals surface area contributed by atoms with Gasteiger partial charge in [0.1, 0.15) is 18.1 Å². The molecule has 1 heterocycles. The molecule has 0 aliphatic rings. The van der Waals surface area contributed by atoms with Gasteiger partial charge in [-0.25, -0.2) is 14.4 Å². The largest absolute Gasteiger partial charge is 0.457 e. The Morgan fingerprint density at radius 1 is 1.35 bits per heavy atom. The van der Waals surface area contributed by atoms with Crippen LogP contribution < -0.4 is 10.6 Å². The first kappa shape index (κ1) is 16.5. The molecule has 2 aromatic rings. The fraction of sp³-hybridized carbons (Fsp3) is 0.250. The molecule has 1 aromatic heterocycles. The highest BCUT2D eigenvalue weighted by atomic mass is 19.1. The summed E-state index contributed by atoms with van der Waals surface area (Å²) < 4.78 is 18.6. The van der Waals surface area contributed by atoms with E-state index in [1.807, 2.05) is 6.92 Å². The Morgan fingerprint density at radius 3 is 2.70 bits per heavy atom. The number of benzene rings is 1. The van der Waals surface area contributed by atoms with Gasteiger partial charge >= 0.3 is 6.01 Å². The first-order chi connectivity index (χ1) is 11.1. The van der Waals surface area contributed by atoms with E-state index in [0.717, 1.165) is 12.0 Å². The predicted octanol–water partition coefficient (Wildman–Crippen LogP) is 2.58. The second kappa shape index (κ2) is 7.98. The third kappa shape index (κ3) is 4.84. The van der Waals surface area contributed by atoms with Crippen molar-refractivity contribution in [3.05, 3.63) is 47.5 Å². The molecule has 120 valence electrons. The van der Waals surface area contributed by atoms with Crippen LogP contribution in [0.25, 0.3) is 0 Å². The lowest BCUT2D eigenvalue weighted by Gasteiger charge is -2.04. The summed E-state index contributed by atoms with van der Waals surface area (Å²) in [5.41, 5.74) is 2.56.